The molecular weight excluding hydrogens is 160 g/mol. The smallest absolute Gasteiger partial charge is 0.0811 e. The molecule has 1 heterocycles. The molecule has 0 aromatic carbocycles. The number of hydrogen-bond acceptors (Lipinski definition) is 1. The van der Waals surface area contributed by atoms with Crippen LogP contribution in [0.1, 0.15) is 40.5 Å². The first kappa shape index (κ1) is 10.8. The Kier molecular flexibility index (Phi) is 3.55. The zero-order chi connectivity index (χ0) is 10.0. The molecule has 1 heteroatoms. The first-order chi connectivity index (χ1) is 6.06. The van der Waals surface area contributed by atoms with E-state index in [1.807, 2.05) is 0 Å². The van der Waals surface area contributed by atoms with Gasteiger partial charge in [-0.2, -0.15) is 0 Å². The maximum atomic E-state index is 5.98. The predicted octanol–water partition coefficient (Wildman–Crippen LogP) is 3.40. The molecule has 76 valence electrons. The van der Waals surface area contributed by atoms with Crippen molar-refractivity contribution >= 4 is 0 Å². The van der Waals surface area contributed by atoms with Crippen molar-refractivity contribution in [1.82, 2.24) is 0 Å². The molecule has 0 amide bonds. The average Bonchev–Trinajstić information content (AvgIpc) is 2.09. The fraction of sp³-hybridized carbons (Fsp3) is 0.833. The van der Waals surface area contributed by atoms with Gasteiger partial charge in [-0.1, -0.05) is 34.3 Å². The van der Waals surface area contributed by atoms with Crippen molar-refractivity contribution in [3.63, 3.8) is 0 Å². The van der Waals surface area contributed by atoms with E-state index in [0.717, 1.165) is 12.8 Å². The molecule has 0 aromatic heterocycles. The van der Waals surface area contributed by atoms with E-state index in [1.54, 1.807) is 0 Å². The molecule has 1 aliphatic heterocycles. The summed E-state index contributed by atoms with van der Waals surface area (Å²) in [6.07, 6.45) is 3.01. The van der Waals surface area contributed by atoms with E-state index in [9.17, 15) is 0 Å². The fourth-order valence-electron chi connectivity index (χ4n) is 2.02. The second-order valence-corrected chi connectivity index (χ2v) is 4.54. The fourth-order valence-corrected chi connectivity index (χ4v) is 2.02. The summed E-state index contributed by atoms with van der Waals surface area (Å²) in [7, 11) is 0. The van der Waals surface area contributed by atoms with Crippen molar-refractivity contribution in [2.45, 2.75) is 52.7 Å². The van der Waals surface area contributed by atoms with E-state index in [-0.39, 0.29) is 6.10 Å². The molecule has 13 heavy (non-hydrogen) atoms. The molecule has 1 nitrogen and oxygen atoms in total. The quantitative estimate of drug-likeness (QED) is 0.595. The number of ether oxygens (including phenoxy) is 1. The standard InChI is InChI=1S/C12H22O/c1-6-11-7-9(4)10(5)12(13-11)8(2)3/h8-9,11-12H,5-7H2,1-4H3. The molecule has 0 N–H and O–H groups in total. The molecule has 0 saturated carbocycles. The third kappa shape index (κ3) is 2.34. The monoisotopic (exact) mass is 182 g/mol. The van der Waals surface area contributed by atoms with Crippen LogP contribution in [0.25, 0.3) is 0 Å². The van der Waals surface area contributed by atoms with Gasteiger partial charge in [-0.3, -0.25) is 0 Å². The Hall–Kier alpha value is -0.300. The van der Waals surface area contributed by atoms with Crippen LogP contribution in [-0.4, -0.2) is 12.2 Å². The van der Waals surface area contributed by atoms with E-state index >= 15 is 0 Å². The summed E-state index contributed by atoms with van der Waals surface area (Å²) in [5, 5.41) is 0. The molecule has 0 spiro atoms. The Morgan fingerprint density at radius 3 is 2.62 bits per heavy atom. The number of rotatable bonds is 2. The summed E-state index contributed by atoms with van der Waals surface area (Å²) >= 11 is 0. The lowest BCUT2D eigenvalue weighted by Gasteiger charge is -2.37. The molecule has 0 aromatic rings. The summed E-state index contributed by atoms with van der Waals surface area (Å²) in [6, 6.07) is 0. The van der Waals surface area contributed by atoms with Crippen LogP contribution in [0.15, 0.2) is 12.2 Å². The van der Waals surface area contributed by atoms with Gasteiger partial charge in [0, 0.05) is 0 Å². The largest absolute Gasteiger partial charge is 0.370 e. The maximum Gasteiger partial charge on any atom is 0.0811 e. The lowest BCUT2D eigenvalue weighted by Crippen LogP contribution is -2.36. The highest BCUT2D eigenvalue weighted by atomic mass is 16.5. The zero-order valence-corrected chi connectivity index (χ0v) is 9.34. The number of hydrogen-bond donors (Lipinski definition) is 0. The van der Waals surface area contributed by atoms with Crippen molar-refractivity contribution in [1.29, 1.82) is 0 Å². The van der Waals surface area contributed by atoms with Gasteiger partial charge >= 0.3 is 0 Å². The highest BCUT2D eigenvalue weighted by molar-refractivity contribution is 5.10. The molecular formula is C12H22O. The lowest BCUT2D eigenvalue weighted by molar-refractivity contribution is -0.0534. The molecule has 3 unspecified atom stereocenters. The van der Waals surface area contributed by atoms with E-state index < -0.39 is 0 Å². The normalized spacial score (nSPS) is 35.5. The van der Waals surface area contributed by atoms with Gasteiger partial charge in [0.2, 0.25) is 0 Å². The SMILES string of the molecule is C=C1C(C)CC(CC)OC1C(C)C. The lowest BCUT2D eigenvalue weighted by atomic mass is 9.84. The molecule has 0 bridgehead atoms. The van der Waals surface area contributed by atoms with Crippen LogP contribution < -0.4 is 0 Å². The Balaban J connectivity index is 2.66. The molecule has 0 aliphatic carbocycles. The highest BCUT2D eigenvalue weighted by Crippen LogP contribution is 2.33. The first-order valence-corrected chi connectivity index (χ1v) is 5.40. The first-order valence-electron chi connectivity index (χ1n) is 5.40. The zero-order valence-electron chi connectivity index (χ0n) is 9.34. The van der Waals surface area contributed by atoms with Gasteiger partial charge in [0.15, 0.2) is 0 Å². The van der Waals surface area contributed by atoms with Crippen LogP contribution in [0, 0.1) is 11.8 Å². The van der Waals surface area contributed by atoms with Crippen molar-refractivity contribution in [3.05, 3.63) is 12.2 Å². The van der Waals surface area contributed by atoms with Crippen LogP contribution in [-0.2, 0) is 4.74 Å². The second kappa shape index (κ2) is 4.28. The van der Waals surface area contributed by atoms with E-state index in [2.05, 4.69) is 34.3 Å². The summed E-state index contributed by atoms with van der Waals surface area (Å²) in [5.41, 5.74) is 1.29. The summed E-state index contributed by atoms with van der Waals surface area (Å²) in [4.78, 5) is 0. The van der Waals surface area contributed by atoms with Crippen molar-refractivity contribution in [2.24, 2.45) is 11.8 Å². The van der Waals surface area contributed by atoms with Gasteiger partial charge < -0.3 is 4.74 Å². The molecule has 1 fully saturated rings. The Labute approximate surface area is 82.2 Å². The minimum Gasteiger partial charge on any atom is -0.370 e. The van der Waals surface area contributed by atoms with E-state index in [1.165, 1.54) is 5.57 Å². The van der Waals surface area contributed by atoms with Crippen LogP contribution >= 0.6 is 0 Å². The van der Waals surface area contributed by atoms with Crippen LogP contribution in [0.2, 0.25) is 0 Å². The molecule has 3 atom stereocenters. The van der Waals surface area contributed by atoms with Crippen molar-refractivity contribution in [2.75, 3.05) is 0 Å². The van der Waals surface area contributed by atoms with Crippen LogP contribution in [0.4, 0.5) is 0 Å². The van der Waals surface area contributed by atoms with Gasteiger partial charge in [0.1, 0.15) is 0 Å². The minimum atomic E-state index is 0.286. The molecule has 0 radical (unpaired) electrons. The summed E-state index contributed by atoms with van der Waals surface area (Å²) in [6.45, 7) is 13.0. The third-order valence-electron chi connectivity index (χ3n) is 3.01. The minimum absolute atomic E-state index is 0.286. The van der Waals surface area contributed by atoms with Gasteiger partial charge in [0.05, 0.1) is 12.2 Å². The van der Waals surface area contributed by atoms with Gasteiger partial charge in [-0.05, 0) is 30.3 Å². The Morgan fingerprint density at radius 2 is 2.15 bits per heavy atom. The molecule has 1 saturated heterocycles. The van der Waals surface area contributed by atoms with Gasteiger partial charge in [-0.25, -0.2) is 0 Å². The average molecular weight is 182 g/mol. The van der Waals surface area contributed by atoms with Gasteiger partial charge in [0.25, 0.3) is 0 Å². The van der Waals surface area contributed by atoms with Gasteiger partial charge in [-0.15, -0.1) is 0 Å². The Bertz CT molecular complexity index is 184. The third-order valence-corrected chi connectivity index (χ3v) is 3.01. The topological polar surface area (TPSA) is 9.23 Å². The Morgan fingerprint density at radius 1 is 1.54 bits per heavy atom. The predicted molar refractivity (Wildman–Crippen MR) is 56.7 cm³/mol. The summed E-state index contributed by atoms with van der Waals surface area (Å²) < 4.78 is 5.98. The highest BCUT2D eigenvalue weighted by Gasteiger charge is 2.30. The van der Waals surface area contributed by atoms with E-state index in [0.29, 0.717) is 17.9 Å². The van der Waals surface area contributed by atoms with E-state index in [4.69, 9.17) is 4.74 Å². The van der Waals surface area contributed by atoms with Crippen LogP contribution in [0.5, 0.6) is 0 Å². The summed E-state index contributed by atoms with van der Waals surface area (Å²) in [5.74, 6) is 1.19. The molecule has 1 aliphatic rings. The second-order valence-electron chi connectivity index (χ2n) is 4.54. The van der Waals surface area contributed by atoms with Crippen molar-refractivity contribution in [3.8, 4) is 0 Å². The maximum absolute atomic E-state index is 5.98. The van der Waals surface area contributed by atoms with Crippen LogP contribution in [0.3, 0.4) is 0 Å². The van der Waals surface area contributed by atoms with Crippen molar-refractivity contribution < 1.29 is 4.74 Å². The molecule has 1 rings (SSSR count).